The highest BCUT2D eigenvalue weighted by molar-refractivity contribution is 7.92. The van der Waals surface area contributed by atoms with Crippen LogP contribution in [0.2, 0.25) is 0 Å². The quantitative estimate of drug-likeness (QED) is 0.607. The van der Waals surface area contributed by atoms with Gasteiger partial charge in [0.05, 0.1) is 35.3 Å². The summed E-state index contributed by atoms with van der Waals surface area (Å²) in [6.45, 7) is 0.703. The van der Waals surface area contributed by atoms with E-state index < -0.39 is 45.5 Å². The Morgan fingerprint density at radius 2 is 1.93 bits per heavy atom. The van der Waals surface area contributed by atoms with E-state index in [1.54, 1.807) is 6.92 Å². The fourth-order valence-corrected chi connectivity index (χ4v) is 3.91. The molecule has 7 nitrogen and oxygen atoms in total. The molecule has 2 aromatic carbocycles. The summed E-state index contributed by atoms with van der Waals surface area (Å²) >= 11 is 0. The number of rotatable bonds is 7. The van der Waals surface area contributed by atoms with Crippen LogP contribution in [0.5, 0.6) is 11.5 Å². The second-order valence-electron chi connectivity index (χ2n) is 6.57. The lowest BCUT2D eigenvalue weighted by atomic mass is 10.1. The average molecular weight is 441 g/mol. The number of benzene rings is 2. The van der Waals surface area contributed by atoms with E-state index in [0.717, 1.165) is 6.07 Å². The molecule has 3 rings (SSSR count). The van der Waals surface area contributed by atoms with Gasteiger partial charge in [-0.3, -0.25) is 13.9 Å². The average Bonchev–Trinajstić information content (AvgIpc) is 2.68. The Bertz CT molecular complexity index is 1280. The number of anilines is 1. The lowest BCUT2D eigenvalue weighted by Crippen LogP contribution is -2.18. The predicted molar refractivity (Wildman–Crippen MR) is 106 cm³/mol. The zero-order valence-electron chi connectivity index (χ0n) is 16.1. The molecule has 1 N–H and O–H groups in total. The fourth-order valence-electron chi connectivity index (χ4n) is 2.84. The summed E-state index contributed by atoms with van der Waals surface area (Å²) in [5, 5.41) is 0.251. The zero-order chi connectivity index (χ0) is 22.1. The second kappa shape index (κ2) is 8.34. The van der Waals surface area contributed by atoms with Crippen LogP contribution in [-0.2, 0) is 17.1 Å². The zero-order valence-corrected chi connectivity index (χ0v) is 16.9. The molecule has 0 fully saturated rings. The lowest BCUT2D eigenvalue weighted by molar-refractivity contribution is 0.436. The Balaban J connectivity index is 2.02. The fraction of sp³-hybridized carbons (Fsp3) is 0.263. The standard InChI is InChI=1S/C19H18F3N3O4S/c1-11-15(5-4-13-17(11)19(26)25(2)10-23-13)29-16-9-12(21)8-14(18(16)22)24-30(27,28)7-3-6-20/h4-5,8-10,24H,3,6-7H2,1-2H3. The molecule has 0 saturated heterocycles. The minimum atomic E-state index is -4.08. The maximum Gasteiger partial charge on any atom is 0.261 e. The highest BCUT2D eigenvalue weighted by Gasteiger charge is 2.20. The van der Waals surface area contributed by atoms with Gasteiger partial charge >= 0.3 is 0 Å². The Kier molecular flexibility index (Phi) is 6.01. The van der Waals surface area contributed by atoms with Gasteiger partial charge in [-0.1, -0.05) is 0 Å². The molecule has 0 aliphatic rings. The molecule has 0 aliphatic heterocycles. The molecule has 0 amide bonds. The predicted octanol–water partition coefficient (Wildman–Crippen LogP) is 3.41. The van der Waals surface area contributed by atoms with Crippen LogP contribution in [0, 0.1) is 18.6 Å². The van der Waals surface area contributed by atoms with Crippen LogP contribution in [0.15, 0.2) is 35.4 Å². The highest BCUT2D eigenvalue weighted by atomic mass is 32.2. The van der Waals surface area contributed by atoms with Crippen molar-refractivity contribution in [3.63, 3.8) is 0 Å². The number of nitrogens with zero attached hydrogens (tertiary/aromatic N) is 2. The number of aryl methyl sites for hydroxylation is 2. The number of fused-ring (bicyclic) bond motifs is 1. The van der Waals surface area contributed by atoms with E-state index in [9.17, 15) is 26.4 Å². The highest BCUT2D eigenvalue weighted by Crippen LogP contribution is 2.34. The monoisotopic (exact) mass is 441 g/mol. The van der Waals surface area contributed by atoms with Crippen molar-refractivity contribution in [1.82, 2.24) is 9.55 Å². The number of nitrogens with one attached hydrogen (secondary N) is 1. The molecule has 0 atom stereocenters. The first-order chi connectivity index (χ1) is 14.1. The first kappa shape index (κ1) is 21.6. The van der Waals surface area contributed by atoms with Crippen molar-refractivity contribution >= 4 is 26.6 Å². The van der Waals surface area contributed by atoms with E-state index in [1.807, 2.05) is 4.72 Å². The Hall–Kier alpha value is -3.08. The molecule has 1 aromatic heterocycles. The maximum absolute atomic E-state index is 14.8. The van der Waals surface area contributed by atoms with Gasteiger partial charge in [-0.25, -0.2) is 22.2 Å². The van der Waals surface area contributed by atoms with Gasteiger partial charge < -0.3 is 9.30 Å². The van der Waals surface area contributed by atoms with Gasteiger partial charge in [0.2, 0.25) is 10.0 Å². The second-order valence-corrected chi connectivity index (χ2v) is 8.42. The topological polar surface area (TPSA) is 90.3 Å². The molecular weight excluding hydrogens is 423 g/mol. The number of alkyl halides is 1. The number of ether oxygens (including phenoxy) is 1. The first-order valence-corrected chi connectivity index (χ1v) is 10.5. The third-order valence-corrected chi connectivity index (χ3v) is 5.69. The first-order valence-electron chi connectivity index (χ1n) is 8.81. The molecule has 1 heterocycles. The van der Waals surface area contributed by atoms with E-state index in [0.29, 0.717) is 17.1 Å². The Labute approximate surface area is 170 Å². The summed E-state index contributed by atoms with van der Waals surface area (Å²) in [4.78, 5) is 16.5. The third kappa shape index (κ3) is 4.40. The Morgan fingerprint density at radius 3 is 2.63 bits per heavy atom. The maximum atomic E-state index is 14.8. The van der Waals surface area contributed by atoms with E-state index in [-0.39, 0.29) is 23.1 Å². The number of halogens is 3. The normalized spacial score (nSPS) is 11.6. The van der Waals surface area contributed by atoms with Crippen molar-refractivity contribution in [2.45, 2.75) is 13.3 Å². The summed E-state index contributed by atoms with van der Waals surface area (Å²) in [6.07, 6.45) is 1.08. The lowest BCUT2D eigenvalue weighted by Gasteiger charge is -2.14. The summed E-state index contributed by atoms with van der Waals surface area (Å²) < 4.78 is 73.5. The molecule has 0 bridgehead atoms. The van der Waals surface area contributed by atoms with Gasteiger partial charge in [-0.15, -0.1) is 0 Å². The van der Waals surface area contributed by atoms with Crippen molar-refractivity contribution in [3.05, 3.63) is 58.1 Å². The Morgan fingerprint density at radius 1 is 1.20 bits per heavy atom. The minimum Gasteiger partial charge on any atom is -0.454 e. The van der Waals surface area contributed by atoms with Crippen molar-refractivity contribution in [1.29, 1.82) is 0 Å². The van der Waals surface area contributed by atoms with E-state index in [4.69, 9.17) is 4.74 Å². The van der Waals surface area contributed by atoms with Crippen molar-refractivity contribution < 1.29 is 26.3 Å². The number of hydrogen-bond acceptors (Lipinski definition) is 5. The van der Waals surface area contributed by atoms with Crippen molar-refractivity contribution in [2.24, 2.45) is 7.05 Å². The van der Waals surface area contributed by atoms with Crippen LogP contribution in [0.3, 0.4) is 0 Å². The van der Waals surface area contributed by atoms with Crippen LogP contribution in [-0.4, -0.2) is 30.4 Å². The van der Waals surface area contributed by atoms with Gasteiger partial charge in [0.15, 0.2) is 11.6 Å². The molecule has 0 saturated carbocycles. The van der Waals surface area contributed by atoms with Crippen molar-refractivity contribution in [3.8, 4) is 11.5 Å². The third-order valence-electron chi connectivity index (χ3n) is 4.33. The molecule has 160 valence electrons. The van der Waals surface area contributed by atoms with Gasteiger partial charge in [0.1, 0.15) is 11.6 Å². The summed E-state index contributed by atoms with van der Waals surface area (Å²) in [7, 11) is -2.55. The van der Waals surface area contributed by atoms with Crippen LogP contribution in [0.1, 0.15) is 12.0 Å². The molecule has 0 spiro atoms. The van der Waals surface area contributed by atoms with Crippen LogP contribution >= 0.6 is 0 Å². The smallest absolute Gasteiger partial charge is 0.261 e. The summed E-state index contributed by atoms with van der Waals surface area (Å²) in [6, 6.07) is 4.35. The summed E-state index contributed by atoms with van der Waals surface area (Å²) in [5.74, 6) is -3.20. The van der Waals surface area contributed by atoms with Gasteiger partial charge in [0, 0.05) is 24.7 Å². The van der Waals surface area contributed by atoms with Crippen LogP contribution in [0.25, 0.3) is 10.9 Å². The largest absolute Gasteiger partial charge is 0.454 e. The van der Waals surface area contributed by atoms with Crippen LogP contribution < -0.4 is 15.0 Å². The molecule has 30 heavy (non-hydrogen) atoms. The van der Waals surface area contributed by atoms with E-state index in [2.05, 4.69) is 4.98 Å². The molecule has 0 aliphatic carbocycles. The van der Waals surface area contributed by atoms with Crippen LogP contribution in [0.4, 0.5) is 18.9 Å². The summed E-state index contributed by atoms with van der Waals surface area (Å²) in [5.41, 5.74) is -0.247. The molecular formula is C19H18F3N3O4S. The number of hydrogen-bond donors (Lipinski definition) is 1. The minimum absolute atomic E-state index is 0.0725. The number of sulfonamides is 1. The SMILES string of the molecule is Cc1c(Oc2cc(F)cc(NS(=O)(=O)CCCF)c2F)ccc2ncn(C)c(=O)c12. The molecule has 0 unspecified atom stereocenters. The molecule has 11 heteroatoms. The van der Waals surface area contributed by atoms with E-state index >= 15 is 0 Å². The van der Waals surface area contributed by atoms with Gasteiger partial charge in [-0.05, 0) is 25.5 Å². The molecule has 0 radical (unpaired) electrons. The molecule has 3 aromatic rings. The number of aromatic nitrogens is 2. The van der Waals surface area contributed by atoms with Gasteiger partial charge in [0.25, 0.3) is 5.56 Å². The van der Waals surface area contributed by atoms with Gasteiger partial charge in [-0.2, -0.15) is 0 Å². The van der Waals surface area contributed by atoms with E-state index in [1.165, 1.54) is 30.1 Å². The van der Waals surface area contributed by atoms with Crippen molar-refractivity contribution in [2.75, 3.05) is 17.1 Å².